The van der Waals surface area contributed by atoms with Gasteiger partial charge in [-0.25, -0.2) is 0 Å². The van der Waals surface area contributed by atoms with Crippen LogP contribution in [-0.4, -0.2) is 18.2 Å². The second-order valence-corrected chi connectivity index (χ2v) is 5.71. The van der Waals surface area contributed by atoms with Gasteiger partial charge in [0.25, 0.3) is 0 Å². The number of carboxylic acids is 1. The lowest BCUT2D eigenvalue weighted by atomic mass is 9.69. The first kappa shape index (κ1) is 13.4. The Balaban J connectivity index is 2.54. The van der Waals surface area contributed by atoms with Crippen molar-refractivity contribution >= 4 is 21.9 Å². The predicted octanol–water partition coefficient (Wildman–Crippen LogP) is 3.74. The summed E-state index contributed by atoms with van der Waals surface area (Å²) in [5.41, 5.74) is 0.0134. The number of hydrogen-bond donors (Lipinski definition) is 1. The summed E-state index contributed by atoms with van der Waals surface area (Å²) in [6.07, 6.45) is 4.42. The number of halogens is 1. The molecule has 1 aliphatic rings. The molecule has 0 bridgehead atoms. The molecule has 98 valence electrons. The summed E-state index contributed by atoms with van der Waals surface area (Å²) in [4.78, 5) is 11.8. The smallest absolute Gasteiger partial charge is 0.314 e. The predicted molar refractivity (Wildman–Crippen MR) is 73.1 cm³/mol. The van der Waals surface area contributed by atoms with Crippen molar-refractivity contribution in [1.82, 2.24) is 0 Å². The zero-order valence-corrected chi connectivity index (χ0v) is 12.0. The second-order valence-electron chi connectivity index (χ2n) is 4.79. The summed E-state index contributed by atoms with van der Waals surface area (Å²) >= 11 is 3.42. The monoisotopic (exact) mass is 312 g/mol. The van der Waals surface area contributed by atoms with Gasteiger partial charge < -0.3 is 9.84 Å². The fraction of sp³-hybridized carbons (Fsp3) is 0.500. The summed E-state index contributed by atoms with van der Waals surface area (Å²) in [5, 5.41) is 9.68. The number of methoxy groups -OCH3 is 1. The van der Waals surface area contributed by atoms with Crippen LogP contribution in [0.15, 0.2) is 22.7 Å². The van der Waals surface area contributed by atoms with Gasteiger partial charge in [0.2, 0.25) is 0 Å². The molecule has 1 fully saturated rings. The Bertz CT molecular complexity index is 450. The topological polar surface area (TPSA) is 46.5 Å². The molecule has 1 saturated carbocycles. The van der Waals surface area contributed by atoms with Gasteiger partial charge in [0.1, 0.15) is 5.75 Å². The van der Waals surface area contributed by atoms with Gasteiger partial charge in [-0.1, -0.05) is 35.2 Å². The molecule has 4 heteroatoms. The molecule has 2 rings (SSSR count). The fourth-order valence-electron chi connectivity index (χ4n) is 2.81. The Kier molecular flexibility index (Phi) is 3.95. The van der Waals surface area contributed by atoms with Crippen molar-refractivity contribution in [3.63, 3.8) is 0 Å². The molecule has 0 aliphatic heterocycles. The summed E-state index contributed by atoms with van der Waals surface area (Å²) in [7, 11) is 1.59. The lowest BCUT2D eigenvalue weighted by Gasteiger charge is -2.34. The molecule has 1 aromatic carbocycles. The van der Waals surface area contributed by atoms with Crippen LogP contribution in [0.3, 0.4) is 0 Å². The summed E-state index contributed by atoms with van der Waals surface area (Å²) in [6, 6.07) is 5.59. The Labute approximate surface area is 115 Å². The van der Waals surface area contributed by atoms with Crippen LogP contribution in [0.1, 0.15) is 37.7 Å². The molecular formula is C14H17BrO3. The Morgan fingerprint density at radius 2 is 2.00 bits per heavy atom. The van der Waals surface area contributed by atoms with E-state index in [-0.39, 0.29) is 0 Å². The van der Waals surface area contributed by atoms with Crippen LogP contribution in [0.4, 0.5) is 0 Å². The number of carboxylic acid groups (broad SMARTS) is 1. The van der Waals surface area contributed by atoms with Crippen molar-refractivity contribution < 1.29 is 14.6 Å². The summed E-state index contributed by atoms with van der Waals surface area (Å²) < 4.78 is 6.24. The van der Waals surface area contributed by atoms with Crippen molar-refractivity contribution in [1.29, 1.82) is 0 Å². The SMILES string of the molecule is COc1ccc(Br)cc1C1(C(=O)O)CCCCC1. The second kappa shape index (κ2) is 5.31. The zero-order chi connectivity index (χ0) is 13.2. The first-order valence-electron chi connectivity index (χ1n) is 6.17. The average Bonchev–Trinajstić information content (AvgIpc) is 2.39. The third kappa shape index (κ3) is 2.26. The van der Waals surface area contributed by atoms with E-state index in [1.54, 1.807) is 7.11 Å². The minimum atomic E-state index is -0.784. The normalized spacial score (nSPS) is 18.3. The third-order valence-corrected chi connectivity index (χ3v) is 4.29. The molecule has 0 spiro atoms. The van der Waals surface area contributed by atoms with Crippen molar-refractivity contribution in [3.05, 3.63) is 28.2 Å². The van der Waals surface area contributed by atoms with E-state index in [0.717, 1.165) is 29.3 Å². The average molecular weight is 313 g/mol. The fourth-order valence-corrected chi connectivity index (χ4v) is 3.17. The van der Waals surface area contributed by atoms with Gasteiger partial charge in [-0.05, 0) is 31.0 Å². The molecule has 1 aliphatic carbocycles. The van der Waals surface area contributed by atoms with Crippen LogP contribution in [0.25, 0.3) is 0 Å². The van der Waals surface area contributed by atoms with E-state index in [1.807, 2.05) is 18.2 Å². The standard InChI is InChI=1S/C14H17BrO3/c1-18-12-6-5-10(15)9-11(12)14(13(16)17)7-3-2-4-8-14/h5-6,9H,2-4,7-8H2,1H3,(H,16,17). The molecule has 0 heterocycles. The van der Waals surface area contributed by atoms with E-state index in [0.29, 0.717) is 18.6 Å². The lowest BCUT2D eigenvalue weighted by Crippen LogP contribution is -2.38. The number of ether oxygens (including phenoxy) is 1. The van der Waals surface area contributed by atoms with Gasteiger partial charge in [0.05, 0.1) is 12.5 Å². The van der Waals surface area contributed by atoms with Gasteiger partial charge in [-0.15, -0.1) is 0 Å². The van der Waals surface area contributed by atoms with E-state index in [4.69, 9.17) is 4.74 Å². The molecule has 0 amide bonds. The van der Waals surface area contributed by atoms with Crippen LogP contribution < -0.4 is 4.74 Å². The third-order valence-electron chi connectivity index (χ3n) is 3.79. The highest BCUT2D eigenvalue weighted by atomic mass is 79.9. The number of aliphatic carboxylic acids is 1. The van der Waals surface area contributed by atoms with Crippen LogP contribution in [0.5, 0.6) is 5.75 Å². The highest BCUT2D eigenvalue weighted by Gasteiger charge is 2.43. The van der Waals surface area contributed by atoms with E-state index in [2.05, 4.69) is 15.9 Å². The Morgan fingerprint density at radius 3 is 2.56 bits per heavy atom. The lowest BCUT2D eigenvalue weighted by molar-refractivity contribution is -0.145. The van der Waals surface area contributed by atoms with Crippen molar-refractivity contribution in [2.24, 2.45) is 0 Å². The molecule has 0 radical (unpaired) electrons. The minimum absolute atomic E-state index is 0.669. The van der Waals surface area contributed by atoms with Crippen LogP contribution in [0.2, 0.25) is 0 Å². The van der Waals surface area contributed by atoms with Gasteiger partial charge in [-0.2, -0.15) is 0 Å². The van der Waals surface area contributed by atoms with Gasteiger partial charge >= 0.3 is 5.97 Å². The molecule has 0 saturated heterocycles. The van der Waals surface area contributed by atoms with Crippen molar-refractivity contribution in [3.8, 4) is 5.75 Å². The maximum atomic E-state index is 11.8. The number of rotatable bonds is 3. The largest absolute Gasteiger partial charge is 0.496 e. The van der Waals surface area contributed by atoms with Gasteiger partial charge in [0, 0.05) is 10.0 Å². The molecule has 3 nitrogen and oxygen atoms in total. The highest BCUT2D eigenvalue weighted by Crippen LogP contribution is 2.44. The minimum Gasteiger partial charge on any atom is -0.496 e. The van der Waals surface area contributed by atoms with E-state index in [9.17, 15) is 9.90 Å². The Hall–Kier alpha value is -1.03. The number of hydrogen-bond acceptors (Lipinski definition) is 2. The van der Waals surface area contributed by atoms with Crippen LogP contribution in [0, 0.1) is 0 Å². The maximum Gasteiger partial charge on any atom is 0.314 e. The quantitative estimate of drug-likeness (QED) is 0.924. The molecule has 18 heavy (non-hydrogen) atoms. The molecule has 0 aromatic heterocycles. The summed E-state index contributed by atoms with van der Waals surface area (Å²) in [6.45, 7) is 0. The molecular weight excluding hydrogens is 296 g/mol. The van der Waals surface area contributed by atoms with Crippen LogP contribution in [-0.2, 0) is 10.2 Å². The molecule has 0 unspecified atom stereocenters. The van der Waals surface area contributed by atoms with Gasteiger partial charge in [-0.3, -0.25) is 4.79 Å². The summed E-state index contributed by atoms with van der Waals surface area (Å²) in [5.74, 6) is -0.0684. The van der Waals surface area contributed by atoms with E-state index >= 15 is 0 Å². The first-order valence-corrected chi connectivity index (χ1v) is 6.97. The number of carbonyl (C=O) groups is 1. The first-order chi connectivity index (χ1) is 8.60. The van der Waals surface area contributed by atoms with Gasteiger partial charge in [0.15, 0.2) is 0 Å². The van der Waals surface area contributed by atoms with E-state index in [1.165, 1.54) is 0 Å². The van der Waals surface area contributed by atoms with Crippen molar-refractivity contribution in [2.45, 2.75) is 37.5 Å². The van der Waals surface area contributed by atoms with Crippen molar-refractivity contribution in [2.75, 3.05) is 7.11 Å². The van der Waals surface area contributed by atoms with E-state index < -0.39 is 11.4 Å². The van der Waals surface area contributed by atoms with Crippen LogP contribution >= 0.6 is 15.9 Å². The number of benzene rings is 1. The Morgan fingerprint density at radius 1 is 1.33 bits per heavy atom. The maximum absolute atomic E-state index is 11.8. The molecule has 1 N–H and O–H groups in total. The molecule has 0 atom stereocenters. The molecule has 1 aromatic rings. The highest BCUT2D eigenvalue weighted by molar-refractivity contribution is 9.10. The zero-order valence-electron chi connectivity index (χ0n) is 10.4.